The van der Waals surface area contributed by atoms with Crippen molar-refractivity contribution in [3.05, 3.63) is 75.6 Å². The SMILES string of the molecule is CC[C@H](CC1(c2nn[nH]n2)c2ccc(C(=O)NC)cc2CCc2cc(C(=O)NC)ccc21)NCC(=O)N1[C@H](C#N)C[C@@H]2C[C@@H]21. The fourth-order valence-electron chi connectivity index (χ4n) is 7.30. The molecular formula is C32H37N9O3. The molecule has 2 fully saturated rings. The molecule has 0 spiro atoms. The smallest absolute Gasteiger partial charge is 0.251 e. The zero-order valence-electron chi connectivity index (χ0n) is 25.2. The molecule has 2 heterocycles. The zero-order valence-corrected chi connectivity index (χ0v) is 25.2. The Bertz CT molecular complexity index is 1560. The van der Waals surface area contributed by atoms with Gasteiger partial charge in [-0.2, -0.15) is 10.5 Å². The van der Waals surface area contributed by atoms with E-state index in [0.717, 1.165) is 35.1 Å². The standard InChI is InChI=1S/C32H37N9O3/c1-4-23(36-17-28(42)41-24(16-33)13-22-14-27(22)41)15-32(31-37-39-40-38-31)25-9-7-20(29(43)34-2)11-18(25)5-6-19-12-21(30(44)35-3)8-10-26(19)32/h7-12,22-24,27,36H,4-6,13-15,17H2,1-3H3,(H,34,43)(H,35,44)(H,37,38,39,40)/t22-,23-,24+,27+/m1/s1. The second kappa shape index (κ2) is 11.8. The third-order valence-corrected chi connectivity index (χ3v) is 9.63. The van der Waals surface area contributed by atoms with Crippen LogP contribution in [0.3, 0.4) is 0 Å². The van der Waals surface area contributed by atoms with E-state index in [2.05, 4.69) is 49.6 Å². The molecule has 3 amide bonds. The number of piperidine rings is 1. The van der Waals surface area contributed by atoms with Gasteiger partial charge in [-0.05, 0) is 91.0 Å². The Labute approximate surface area is 256 Å². The van der Waals surface area contributed by atoms with Crippen LogP contribution in [0.2, 0.25) is 0 Å². The summed E-state index contributed by atoms with van der Waals surface area (Å²) in [5, 5.41) is 34.2. The highest BCUT2D eigenvalue weighted by Gasteiger charge is 2.54. The predicted molar refractivity (Wildman–Crippen MR) is 161 cm³/mol. The van der Waals surface area contributed by atoms with E-state index in [1.54, 1.807) is 19.0 Å². The number of aromatic nitrogens is 4. The van der Waals surface area contributed by atoms with E-state index in [-0.39, 0.29) is 42.4 Å². The first-order valence-corrected chi connectivity index (χ1v) is 15.2. The molecule has 0 radical (unpaired) electrons. The van der Waals surface area contributed by atoms with Crippen LogP contribution in [0, 0.1) is 17.2 Å². The molecule has 3 aliphatic rings. The number of hydrogen-bond acceptors (Lipinski definition) is 8. The summed E-state index contributed by atoms with van der Waals surface area (Å²) >= 11 is 0. The largest absolute Gasteiger partial charge is 0.355 e. The van der Waals surface area contributed by atoms with Gasteiger partial charge in [-0.1, -0.05) is 24.3 Å². The summed E-state index contributed by atoms with van der Waals surface area (Å²) in [6, 6.07) is 13.4. The Morgan fingerprint density at radius 1 is 1.05 bits per heavy atom. The number of aromatic amines is 1. The lowest BCUT2D eigenvalue weighted by molar-refractivity contribution is -0.131. The van der Waals surface area contributed by atoms with E-state index in [4.69, 9.17) is 0 Å². The van der Waals surface area contributed by atoms with Crippen molar-refractivity contribution in [2.75, 3.05) is 20.6 Å². The van der Waals surface area contributed by atoms with Crippen molar-refractivity contribution in [3.8, 4) is 6.07 Å². The fourth-order valence-corrected chi connectivity index (χ4v) is 7.30. The van der Waals surface area contributed by atoms with Gasteiger partial charge >= 0.3 is 0 Å². The van der Waals surface area contributed by atoms with Crippen molar-refractivity contribution in [2.45, 2.75) is 69.0 Å². The topological polar surface area (TPSA) is 169 Å². The van der Waals surface area contributed by atoms with Gasteiger partial charge in [0.2, 0.25) is 5.91 Å². The molecule has 1 saturated carbocycles. The summed E-state index contributed by atoms with van der Waals surface area (Å²) in [7, 11) is 3.22. The summed E-state index contributed by atoms with van der Waals surface area (Å²) in [4.78, 5) is 40.4. The number of carbonyl (C=O) groups is 3. The van der Waals surface area contributed by atoms with Crippen molar-refractivity contribution in [1.29, 1.82) is 5.26 Å². The third-order valence-electron chi connectivity index (χ3n) is 9.63. The number of nitrogens with zero attached hydrogens (tertiary/aromatic N) is 5. The second-order valence-corrected chi connectivity index (χ2v) is 12.0. The van der Waals surface area contributed by atoms with Crippen molar-refractivity contribution in [1.82, 2.24) is 41.5 Å². The summed E-state index contributed by atoms with van der Waals surface area (Å²) in [5.74, 6) is 0.511. The maximum atomic E-state index is 13.4. The fraction of sp³-hybridized carbons (Fsp3) is 0.469. The van der Waals surface area contributed by atoms with Crippen LogP contribution in [0.1, 0.15) is 81.4 Å². The van der Waals surface area contributed by atoms with Gasteiger partial charge in [-0.3, -0.25) is 14.4 Å². The van der Waals surface area contributed by atoms with Crippen LogP contribution in [-0.2, 0) is 23.1 Å². The van der Waals surface area contributed by atoms with Gasteiger partial charge in [0.25, 0.3) is 11.8 Å². The number of rotatable bonds is 9. The maximum absolute atomic E-state index is 13.4. The molecule has 1 aliphatic heterocycles. The van der Waals surface area contributed by atoms with Gasteiger partial charge in [0, 0.05) is 37.3 Å². The van der Waals surface area contributed by atoms with Crippen LogP contribution in [0.15, 0.2) is 36.4 Å². The molecule has 0 unspecified atom stereocenters. The van der Waals surface area contributed by atoms with E-state index < -0.39 is 5.41 Å². The van der Waals surface area contributed by atoms with Crippen LogP contribution in [0.4, 0.5) is 0 Å². The molecule has 228 valence electrons. The minimum atomic E-state index is -0.905. The molecule has 1 aromatic heterocycles. The van der Waals surface area contributed by atoms with E-state index in [1.807, 2.05) is 36.4 Å². The quantitative estimate of drug-likeness (QED) is 0.289. The zero-order chi connectivity index (χ0) is 31.0. The van der Waals surface area contributed by atoms with Crippen LogP contribution in [-0.4, -0.2) is 82.0 Å². The number of H-pyrrole nitrogens is 1. The Balaban J connectivity index is 1.43. The van der Waals surface area contributed by atoms with Gasteiger partial charge < -0.3 is 20.9 Å². The van der Waals surface area contributed by atoms with Crippen LogP contribution >= 0.6 is 0 Å². The number of nitriles is 1. The Morgan fingerprint density at radius 3 is 2.20 bits per heavy atom. The third kappa shape index (κ3) is 5.01. The molecule has 12 heteroatoms. The van der Waals surface area contributed by atoms with E-state index in [1.165, 1.54) is 0 Å². The average Bonchev–Trinajstić information content (AvgIpc) is 3.44. The predicted octanol–water partition coefficient (Wildman–Crippen LogP) is 1.62. The summed E-state index contributed by atoms with van der Waals surface area (Å²) in [6.45, 7) is 2.19. The van der Waals surface area contributed by atoms with Crippen LogP contribution < -0.4 is 16.0 Å². The van der Waals surface area contributed by atoms with E-state index >= 15 is 0 Å². The molecule has 2 aliphatic carbocycles. The molecule has 1 saturated heterocycles. The molecule has 4 atom stereocenters. The maximum Gasteiger partial charge on any atom is 0.251 e. The normalized spacial score (nSPS) is 21.6. The number of likely N-dealkylation sites (tertiary alicyclic amines) is 1. The minimum Gasteiger partial charge on any atom is -0.355 e. The van der Waals surface area contributed by atoms with Gasteiger partial charge in [-0.25, -0.2) is 0 Å². The molecule has 12 nitrogen and oxygen atoms in total. The number of amides is 3. The number of hydrogen-bond donors (Lipinski definition) is 4. The Kier molecular flexibility index (Phi) is 7.90. The van der Waals surface area contributed by atoms with Gasteiger partial charge in [-0.15, -0.1) is 10.2 Å². The average molecular weight is 596 g/mol. The van der Waals surface area contributed by atoms with Crippen LogP contribution in [0.25, 0.3) is 0 Å². The number of tetrazole rings is 1. The molecular weight excluding hydrogens is 558 g/mol. The van der Waals surface area contributed by atoms with Crippen molar-refractivity contribution < 1.29 is 14.4 Å². The highest BCUT2D eigenvalue weighted by atomic mass is 16.2. The van der Waals surface area contributed by atoms with Crippen molar-refractivity contribution in [2.24, 2.45) is 5.92 Å². The highest BCUT2D eigenvalue weighted by Crippen LogP contribution is 2.48. The monoisotopic (exact) mass is 595 g/mol. The Morgan fingerprint density at radius 2 is 1.68 bits per heavy atom. The summed E-state index contributed by atoms with van der Waals surface area (Å²) in [5.41, 5.74) is 4.07. The Hall–Kier alpha value is -4.63. The summed E-state index contributed by atoms with van der Waals surface area (Å²) < 4.78 is 0. The van der Waals surface area contributed by atoms with Gasteiger partial charge in [0.05, 0.1) is 18.0 Å². The van der Waals surface area contributed by atoms with Crippen LogP contribution in [0.5, 0.6) is 0 Å². The lowest BCUT2D eigenvalue weighted by Crippen LogP contribution is -2.47. The van der Waals surface area contributed by atoms with E-state index in [0.29, 0.717) is 48.6 Å². The minimum absolute atomic E-state index is 0.0549. The van der Waals surface area contributed by atoms with Crippen molar-refractivity contribution in [3.63, 3.8) is 0 Å². The number of nitrogens with one attached hydrogen (secondary N) is 4. The molecule has 3 aromatic rings. The van der Waals surface area contributed by atoms with E-state index in [9.17, 15) is 19.6 Å². The number of carbonyl (C=O) groups excluding carboxylic acids is 3. The van der Waals surface area contributed by atoms with Gasteiger partial charge in [0.15, 0.2) is 5.82 Å². The van der Waals surface area contributed by atoms with Crippen molar-refractivity contribution >= 4 is 17.7 Å². The number of benzene rings is 2. The highest BCUT2D eigenvalue weighted by molar-refractivity contribution is 5.95. The first-order valence-electron chi connectivity index (χ1n) is 15.2. The van der Waals surface area contributed by atoms with Gasteiger partial charge in [0.1, 0.15) is 6.04 Å². The summed E-state index contributed by atoms with van der Waals surface area (Å²) in [6.07, 6.45) is 4.21. The second-order valence-electron chi connectivity index (χ2n) is 12.0. The molecule has 2 aromatic carbocycles. The number of aryl methyl sites for hydroxylation is 2. The molecule has 4 N–H and O–H groups in total. The molecule has 6 rings (SSSR count). The molecule has 0 bridgehead atoms. The number of fused-ring (bicyclic) bond motifs is 3. The first-order chi connectivity index (χ1) is 21.3. The first kappa shape index (κ1) is 29.4. The lowest BCUT2D eigenvalue weighted by Gasteiger charge is -2.37. The lowest BCUT2D eigenvalue weighted by atomic mass is 9.67. The molecule has 44 heavy (non-hydrogen) atoms.